The van der Waals surface area contributed by atoms with E-state index in [1.807, 2.05) is 0 Å². The molecule has 2 aromatic rings. The average molecular weight is 361 g/mol. The van der Waals surface area contributed by atoms with Gasteiger partial charge >= 0.3 is 5.97 Å². The van der Waals surface area contributed by atoms with E-state index in [9.17, 15) is 9.18 Å². The number of benzene rings is 2. The number of esters is 1. The first-order valence-electron chi connectivity index (χ1n) is 7.20. The standard InChI is InChI=1S/C17H16FN3O3S/c1-19-17(25)21-20-10-11-3-8-14(15(9-11)23-2)24-16(22)12-4-6-13(18)7-5-12/h3-10H,1-2H3,(H2,19,21,25). The molecular formula is C17H16FN3O3S. The van der Waals surface area contributed by atoms with Crippen LogP contribution in [0.3, 0.4) is 0 Å². The first-order chi connectivity index (χ1) is 12.0. The molecule has 130 valence electrons. The molecule has 0 aromatic heterocycles. The summed E-state index contributed by atoms with van der Waals surface area (Å²) in [6, 6.07) is 10.0. The van der Waals surface area contributed by atoms with E-state index in [0.29, 0.717) is 16.4 Å². The minimum absolute atomic E-state index is 0.235. The Morgan fingerprint density at radius 1 is 1.20 bits per heavy atom. The van der Waals surface area contributed by atoms with Crippen LogP contribution in [0.2, 0.25) is 0 Å². The van der Waals surface area contributed by atoms with Gasteiger partial charge in [0.1, 0.15) is 5.82 Å². The van der Waals surface area contributed by atoms with Crippen LogP contribution in [-0.4, -0.2) is 31.5 Å². The van der Waals surface area contributed by atoms with Crippen molar-refractivity contribution in [2.75, 3.05) is 14.2 Å². The van der Waals surface area contributed by atoms with E-state index in [1.165, 1.54) is 37.6 Å². The number of nitrogens with zero attached hydrogens (tertiary/aromatic N) is 1. The number of hydrazone groups is 1. The summed E-state index contributed by atoms with van der Waals surface area (Å²) in [7, 11) is 3.14. The van der Waals surface area contributed by atoms with E-state index in [1.54, 1.807) is 25.2 Å². The summed E-state index contributed by atoms with van der Waals surface area (Å²) in [5.41, 5.74) is 3.57. The van der Waals surface area contributed by atoms with Crippen molar-refractivity contribution in [1.82, 2.24) is 10.7 Å². The van der Waals surface area contributed by atoms with Gasteiger partial charge in [-0.3, -0.25) is 5.43 Å². The third-order valence-electron chi connectivity index (χ3n) is 3.08. The van der Waals surface area contributed by atoms with Gasteiger partial charge in [-0.05, 0) is 60.2 Å². The van der Waals surface area contributed by atoms with Crippen LogP contribution in [0.1, 0.15) is 15.9 Å². The number of hydrogen-bond acceptors (Lipinski definition) is 5. The molecule has 0 atom stereocenters. The highest BCUT2D eigenvalue weighted by atomic mass is 32.1. The van der Waals surface area contributed by atoms with Crippen molar-refractivity contribution >= 4 is 29.5 Å². The average Bonchev–Trinajstić information content (AvgIpc) is 2.63. The van der Waals surface area contributed by atoms with Crippen LogP contribution in [0, 0.1) is 5.82 Å². The molecule has 0 saturated heterocycles. The maximum atomic E-state index is 12.9. The molecular weight excluding hydrogens is 345 g/mol. The summed E-state index contributed by atoms with van der Waals surface area (Å²) in [5.74, 6) is -0.437. The van der Waals surface area contributed by atoms with Crippen molar-refractivity contribution in [3.8, 4) is 11.5 Å². The number of carbonyl (C=O) groups excluding carboxylic acids is 1. The van der Waals surface area contributed by atoms with Gasteiger partial charge in [0.15, 0.2) is 16.6 Å². The Morgan fingerprint density at radius 3 is 2.56 bits per heavy atom. The highest BCUT2D eigenvalue weighted by molar-refractivity contribution is 7.80. The summed E-state index contributed by atoms with van der Waals surface area (Å²) in [4.78, 5) is 12.1. The SMILES string of the molecule is CNC(=S)NN=Cc1ccc(OC(=O)c2ccc(F)cc2)c(OC)c1. The van der Waals surface area contributed by atoms with Crippen LogP contribution in [0.25, 0.3) is 0 Å². The second-order valence-corrected chi connectivity index (χ2v) is 5.16. The number of nitrogens with one attached hydrogen (secondary N) is 2. The highest BCUT2D eigenvalue weighted by Crippen LogP contribution is 2.28. The van der Waals surface area contributed by atoms with Crippen LogP contribution < -0.4 is 20.2 Å². The number of carbonyl (C=O) groups is 1. The van der Waals surface area contributed by atoms with Crippen LogP contribution in [0.15, 0.2) is 47.6 Å². The van der Waals surface area contributed by atoms with Crippen molar-refractivity contribution in [2.24, 2.45) is 5.10 Å². The van der Waals surface area contributed by atoms with Gasteiger partial charge in [-0.2, -0.15) is 5.10 Å². The smallest absolute Gasteiger partial charge is 0.343 e. The maximum Gasteiger partial charge on any atom is 0.343 e. The molecule has 0 heterocycles. The van der Waals surface area contributed by atoms with Crippen molar-refractivity contribution in [2.45, 2.75) is 0 Å². The van der Waals surface area contributed by atoms with Gasteiger partial charge < -0.3 is 14.8 Å². The normalized spacial score (nSPS) is 10.4. The lowest BCUT2D eigenvalue weighted by atomic mass is 10.2. The molecule has 0 radical (unpaired) electrons. The number of halogens is 1. The molecule has 2 aromatic carbocycles. The largest absolute Gasteiger partial charge is 0.493 e. The molecule has 25 heavy (non-hydrogen) atoms. The van der Waals surface area contributed by atoms with Crippen LogP contribution in [0.4, 0.5) is 4.39 Å². The molecule has 0 bridgehead atoms. The van der Waals surface area contributed by atoms with Gasteiger partial charge in [-0.1, -0.05) is 0 Å². The van der Waals surface area contributed by atoms with E-state index in [4.69, 9.17) is 21.7 Å². The fourth-order valence-corrected chi connectivity index (χ4v) is 1.87. The fraction of sp³-hybridized carbons (Fsp3) is 0.118. The van der Waals surface area contributed by atoms with Crippen LogP contribution in [-0.2, 0) is 0 Å². The zero-order valence-electron chi connectivity index (χ0n) is 13.6. The van der Waals surface area contributed by atoms with Gasteiger partial charge in [-0.25, -0.2) is 9.18 Å². The Balaban J connectivity index is 2.12. The van der Waals surface area contributed by atoms with Crippen LogP contribution in [0.5, 0.6) is 11.5 Å². The molecule has 0 aliphatic rings. The highest BCUT2D eigenvalue weighted by Gasteiger charge is 2.12. The second-order valence-electron chi connectivity index (χ2n) is 4.76. The van der Waals surface area contributed by atoms with Crippen molar-refractivity contribution in [3.63, 3.8) is 0 Å². The summed E-state index contributed by atoms with van der Waals surface area (Å²) in [6.07, 6.45) is 1.54. The minimum Gasteiger partial charge on any atom is -0.493 e. The molecule has 0 spiro atoms. The quantitative estimate of drug-likeness (QED) is 0.280. The van der Waals surface area contributed by atoms with Gasteiger partial charge in [0.2, 0.25) is 0 Å². The molecule has 0 amide bonds. The third kappa shape index (κ3) is 5.25. The van der Waals surface area contributed by atoms with Crippen molar-refractivity contribution in [1.29, 1.82) is 0 Å². The lowest BCUT2D eigenvalue weighted by molar-refractivity contribution is 0.0729. The third-order valence-corrected chi connectivity index (χ3v) is 3.37. The lowest BCUT2D eigenvalue weighted by Crippen LogP contribution is -2.28. The van der Waals surface area contributed by atoms with Crippen molar-refractivity contribution < 1.29 is 18.7 Å². The molecule has 0 saturated carbocycles. The van der Waals surface area contributed by atoms with Gasteiger partial charge in [0.25, 0.3) is 0 Å². The molecule has 0 aliphatic heterocycles. The van der Waals surface area contributed by atoms with E-state index < -0.39 is 11.8 Å². The summed E-state index contributed by atoms with van der Waals surface area (Å²) in [6.45, 7) is 0. The number of ether oxygens (including phenoxy) is 2. The fourth-order valence-electron chi connectivity index (χ4n) is 1.81. The van der Waals surface area contributed by atoms with Gasteiger partial charge in [-0.15, -0.1) is 0 Å². The monoisotopic (exact) mass is 361 g/mol. The minimum atomic E-state index is -0.610. The Labute approximate surface area is 149 Å². The van der Waals surface area contributed by atoms with Crippen LogP contribution >= 0.6 is 12.2 Å². The molecule has 6 nitrogen and oxygen atoms in total. The maximum absolute atomic E-state index is 12.9. The molecule has 2 rings (SSSR count). The molecule has 0 fully saturated rings. The number of thiocarbonyl (C=S) groups is 1. The van der Waals surface area contributed by atoms with Crippen molar-refractivity contribution in [3.05, 3.63) is 59.4 Å². The Hall–Kier alpha value is -3.00. The molecule has 2 N–H and O–H groups in total. The van der Waals surface area contributed by atoms with E-state index in [2.05, 4.69) is 15.8 Å². The molecule has 0 aliphatic carbocycles. The Morgan fingerprint density at radius 2 is 1.92 bits per heavy atom. The second kappa shape index (κ2) is 8.74. The first-order valence-corrected chi connectivity index (χ1v) is 7.61. The predicted octanol–water partition coefficient (Wildman–Crippen LogP) is 2.48. The number of rotatable bonds is 5. The summed E-state index contributed by atoms with van der Waals surface area (Å²) < 4.78 is 23.4. The summed E-state index contributed by atoms with van der Waals surface area (Å²) in [5, 5.41) is 7.06. The Bertz CT molecular complexity index is 794. The number of methoxy groups -OCH3 is 1. The lowest BCUT2D eigenvalue weighted by Gasteiger charge is -2.10. The van der Waals surface area contributed by atoms with E-state index in [0.717, 1.165) is 0 Å². The summed E-state index contributed by atoms with van der Waals surface area (Å²) >= 11 is 4.90. The zero-order chi connectivity index (χ0) is 18.2. The van der Waals surface area contributed by atoms with Gasteiger partial charge in [0.05, 0.1) is 18.9 Å². The Kier molecular flexibility index (Phi) is 6.41. The van der Waals surface area contributed by atoms with E-state index in [-0.39, 0.29) is 11.3 Å². The van der Waals surface area contributed by atoms with Gasteiger partial charge in [0, 0.05) is 7.05 Å². The first kappa shape index (κ1) is 18.3. The van der Waals surface area contributed by atoms with E-state index >= 15 is 0 Å². The molecule has 0 unspecified atom stereocenters. The number of hydrogen-bond donors (Lipinski definition) is 2. The topological polar surface area (TPSA) is 72.0 Å². The zero-order valence-corrected chi connectivity index (χ0v) is 14.4. The molecule has 8 heteroatoms. The predicted molar refractivity (Wildman–Crippen MR) is 96.7 cm³/mol.